The third-order valence-corrected chi connectivity index (χ3v) is 6.58. The van der Waals surface area contributed by atoms with Crippen LogP contribution in [0.3, 0.4) is 0 Å². The zero-order chi connectivity index (χ0) is 20.4. The molecule has 3 aromatic rings. The number of hydrogen-bond donors (Lipinski definition) is 1. The Balaban J connectivity index is 1.54. The molecule has 0 atom stereocenters. The molecule has 146 valence electrons. The van der Waals surface area contributed by atoms with E-state index in [1.165, 1.54) is 16.2 Å². The smallest absolute Gasteiger partial charge is 0.260 e. The van der Waals surface area contributed by atoms with E-state index in [1.54, 1.807) is 42.5 Å². The van der Waals surface area contributed by atoms with Gasteiger partial charge in [-0.2, -0.15) is 5.26 Å². The number of rotatable bonds is 5. The number of fused-ring (bicyclic) bond motifs is 1. The molecule has 1 N–H and O–H groups in total. The number of anilines is 1. The van der Waals surface area contributed by atoms with E-state index in [0.29, 0.717) is 31.9 Å². The summed E-state index contributed by atoms with van der Waals surface area (Å²) in [6.07, 6.45) is 2.92. The molecule has 29 heavy (non-hydrogen) atoms. The molecular formula is C22H16Cl2N2O2S. The summed E-state index contributed by atoms with van der Waals surface area (Å²) in [6, 6.07) is 14.4. The molecule has 0 radical (unpaired) electrons. The van der Waals surface area contributed by atoms with Gasteiger partial charge in [0.15, 0.2) is 0 Å². The second-order valence-corrected chi connectivity index (χ2v) is 8.60. The molecule has 0 unspecified atom stereocenters. The normalized spacial score (nSPS) is 12.3. The van der Waals surface area contributed by atoms with E-state index in [1.807, 2.05) is 0 Å². The first-order chi connectivity index (χ1) is 14.1. The molecule has 7 heteroatoms. The predicted octanol–water partition coefficient (Wildman–Crippen LogP) is 6.25. The molecule has 2 aromatic carbocycles. The van der Waals surface area contributed by atoms with Gasteiger partial charge in [-0.25, -0.2) is 0 Å². The van der Waals surface area contributed by atoms with Crippen molar-refractivity contribution in [2.24, 2.45) is 0 Å². The van der Waals surface area contributed by atoms with E-state index in [4.69, 9.17) is 27.9 Å². The van der Waals surface area contributed by atoms with Crippen LogP contribution in [0.25, 0.3) is 0 Å². The maximum atomic E-state index is 12.9. The number of nitrogens with one attached hydrogen (secondary N) is 1. The molecule has 4 nitrogen and oxygen atoms in total. The molecule has 1 amide bonds. The fourth-order valence-corrected chi connectivity index (χ4v) is 5.05. The molecule has 0 saturated carbocycles. The molecule has 0 fully saturated rings. The van der Waals surface area contributed by atoms with Crippen LogP contribution in [-0.4, -0.2) is 5.91 Å². The summed E-state index contributed by atoms with van der Waals surface area (Å²) >= 11 is 13.6. The Morgan fingerprint density at radius 3 is 2.83 bits per heavy atom. The number of thiophene rings is 1. The first-order valence-electron chi connectivity index (χ1n) is 9.08. The Kier molecular flexibility index (Phi) is 5.77. The van der Waals surface area contributed by atoms with E-state index >= 15 is 0 Å². The molecule has 1 aliphatic carbocycles. The number of amides is 1. The summed E-state index contributed by atoms with van der Waals surface area (Å²) in [5, 5.41) is 14.1. The van der Waals surface area contributed by atoms with Crippen LogP contribution in [0.4, 0.5) is 5.00 Å². The monoisotopic (exact) mass is 442 g/mol. The van der Waals surface area contributed by atoms with Gasteiger partial charge in [0.05, 0.1) is 11.1 Å². The second kappa shape index (κ2) is 8.46. The largest absolute Gasteiger partial charge is 0.488 e. The van der Waals surface area contributed by atoms with Crippen LogP contribution in [0.15, 0.2) is 42.5 Å². The number of para-hydroxylation sites is 1. The predicted molar refractivity (Wildman–Crippen MR) is 116 cm³/mol. The van der Waals surface area contributed by atoms with Crippen LogP contribution >= 0.6 is 34.5 Å². The van der Waals surface area contributed by atoms with Crippen LogP contribution in [0.5, 0.6) is 5.75 Å². The van der Waals surface area contributed by atoms with Crippen molar-refractivity contribution < 1.29 is 9.53 Å². The van der Waals surface area contributed by atoms with E-state index in [0.717, 1.165) is 30.4 Å². The summed E-state index contributed by atoms with van der Waals surface area (Å²) < 4.78 is 5.87. The van der Waals surface area contributed by atoms with Crippen molar-refractivity contribution in [2.75, 3.05) is 5.32 Å². The highest BCUT2D eigenvalue weighted by Gasteiger charge is 2.24. The van der Waals surface area contributed by atoms with Crippen molar-refractivity contribution in [1.29, 1.82) is 5.26 Å². The van der Waals surface area contributed by atoms with Gasteiger partial charge in [0.1, 0.15) is 23.4 Å². The van der Waals surface area contributed by atoms with Gasteiger partial charge in [-0.1, -0.05) is 41.4 Å². The number of aryl methyl sites for hydroxylation is 1. The third-order valence-electron chi connectivity index (χ3n) is 4.79. The van der Waals surface area contributed by atoms with Gasteiger partial charge in [-0.05, 0) is 49.1 Å². The lowest BCUT2D eigenvalue weighted by Gasteiger charge is -2.12. The first kappa shape index (κ1) is 19.8. The minimum absolute atomic E-state index is 0.205. The average molecular weight is 443 g/mol. The van der Waals surface area contributed by atoms with Crippen molar-refractivity contribution in [3.8, 4) is 11.8 Å². The molecule has 4 rings (SSSR count). The van der Waals surface area contributed by atoms with E-state index in [-0.39, 0.29) is 12.5 Å². The van der Waals surface area contributed by atoms with Crippen LogP contribution in [0.2, 0.25) is 10.0 Å². The van der Waals surface area contributed by atoms with Crippen molar-refractivity contribution in [2.45, 2.75) is 25.9 Å². The van der Waals surface area contributed by atoms with Gasteiger partial charge in [0, 0.05) is 20.5 Å². The molecule has 1 heterocycles. The average Bonchev–Trinajstić information content (AvgIpc) is 3.28. The number of ether oxygens (including phenoxy) is 1. The SMILES string of the molecule is N#Cc1c(NC(=O)c2ccccc2OCc2ccc(Cl)cc2Cl)sc2c1CCC2. The lowest BCUT2D eigenvalue weighted by Crippen LogP contribution is -2.13. The Labute approximate surface area is 182 Å². The fraction of sp³-hybridized carbons (Fsp3) is 0.182. The molecule has 0 saturated heterocycles. The van der Waals surface area contributed by atoms with Crippen molar-refractivity contribution >= 4 is 45.4 Å². The molecule has 0 aliphatic heterocycles. The Bertz CT molecular complexity index is 1130. The number of carbonyl (C=O) groups is 1. The molecular weight excluding hydrogens is 427 g/mol. The molecule has 0 spiro atoms. The van der Waals surface area contributed by atoms with Gasteiger partial charge in [0.2, 0.25) is 0 Å². The number of nitriles is 1. The van der Waals surface area contributed by atoms with Crippen molar-refractivity contribution in [3.63, 3.8) is 0 Å². The van der Waals surface area contributed by atoms with E-state index < -0.39 is 0 Å². The number of carbonyl (C=O) groups excluding carboxylic acids is 1. The van der Waals surface area contributed by atoms with Crippen LogP contribution in [0.1, 0.15) is 38.3 Å². The fourth-order valence-electron chi connectivity index (χ4n) is 3.36. The van der Waals surface area contributed by atoms with E-state index in [9.17, 15) is 10.1 Å². The van der Waals surface area contributed by atoms with Gasteiger partial charge >= 0.3 is 0 Å². The maximum Gasteiger partial charge on any atom is 0.260 e. The van der Waals surface area contributed by atoms with Gasteiger partial charge in [0.25, 0.3) is 5.91 Å². The minimum Gasteiger partial charge on any atom is -0.488 e. The third kappa shape index (κ3) is 4.11. The van der Waals surface area contributed by atoms with Crippen LogP contribution in [0, 0.1) is 11.3 Å². The minimum atomic E-state index is -0.306. The highest BCUT2D eigenvalue weighted by atomic mass is 35.5. The molecule has 0 bridgehead atoms. The quantitative estimate of drug-likeness (QED) is 0.507. The zero-order valence-electron chi connectivity index (χ0n) is 15.3. The van der Waals surface area contributed by atoms with Gasteiger partial charge in [-0.3, -0.25) is 4.79 Å². The lowest BCUT2D eigenvalue weighted by atomic mass is 10.1. The number of halogens is 2. The van der Waals surface area contributed by atoms with Crippen molar-refractivity contribution in [1.82, 2.24) is 0 Å². The highest BCUT2D eigenvalue weighted by molar-refractivity contribution is 7.16. The van der Waals surface area contributed by atoms with Gasteiger partial charge < -0.3 is 10.1 Å². The van der Waals surface area contributed by atoms with Crippen molar-refractivity contribution in [3.05, 3.63) is 79.6 Å². The Morgan fingerprint density at radius 2 is 2.03 bits per heavy atom. The lowest BCUT2D eigenvalue weighted by molar-refractivity contribution is 0.102. The first-order valence-corrected chi connectivity index (χ1v) is 10.7. The Morgan fingerprint density at radius 1 is 1.21 bits per heavy atom. The summed E-state index contributed by atoms with van der Waals surface area (Å²) in [6.45, 7) is 0.205. The topological polar surface area (TPSA) is 62.1 Å². The number of nitrogens with zero attached hydrogens (tertiary/aromatic N) is 1. The van der Waals surface area contributed by atoms with Crippen LogP contribution < -0.4 is 10.1 Å². The van der Waals surface area contributed by atoms with Crippen LogP contribution in [-0.2, 0) is 19.4 Å². The standard InChI is InChI=1S/C22H16Cl2N2O2S/c23-14-9-8-13(18(24)10-14)12-28-19-6-2-1-4-16(19)21(27)26-22-17(11-25)15-5-3-7-20(15)29-22/h1-2,4,6,8-10H,3,5,7,12H2,(H,26,27). The van der Waals surface area contributed by atoms with Gasteiger partial charge in [-0.15, -0.1) is 11.3 Å². The number of hydrogen-bond acceptors (Lipinski definition) is 4. The zero-order valence-corrected chi connectivity index (χ0v) is 17.6. The second-order valence-electron chi connectivity index (χ2n) is 6.65. The summed E-state index contributed by atoms with van der Waals surface area (Å²) in [5.41, 5.74) is 2.83. The molecule has 1 aromatic heterocycles. The molecule has 1 aliphatic rings. The summed E-state index contributed by atoms with van der Waals surface area (Å²) in [4.78, 5) is 14.1. The summed E-state index contributed by atoms with van der Waals surface area (Å²) in [7, 11) is 0. The highest BCUT2D eigenvalue weighted by Crippen LogP contribution is 2.39. The Hall–Kier alpha value is -2.52. The number of benzene rings is 2. The maximum absolute atomic E-state index is 12.9. The van der Waals surface area contributed by atoms with E-state index in [2.05, 4.69) is 11.4 Å². The summed E-state index contributed by atoms with van der Waals surface area (Å²) in [5.74, 6) is 0.137.